The number of nitrogens with one attached hydrogen (secondary N) is 1. The van der Waals surface area contributed by atoms with Crippen molar-refractivity contribution in [1.82, 2.24) is 14.8 Å². The predicted octanol–water partition coefficient (Wildman–Crippen LogP) is 3.88. The van der Waals surface area contributed by atoms with E-state index < -0.39 is 58.0 Å². The van der Waals surface area contributed by atoms with Crippen molar-refractivity contribution in [2.24, 2.45) is 0 Å². The second-order valence-corrected chi connectivity index (χ2v) is 9.19. The number of phenols is 1. The first-order valence-electron chi connectivity index (χ1n) is 9.00. The highest BCUT2D eigenvalue weighted by molar-refractivity contribution is 9.10. The second-order valence-electron chi connectivity index (χ2n) is 6.69. The highest BCUT2D eigenvalue weighted by Crippen LogP contribution is 2.37. The van der Waals surface area contributed by atoms with Crippen molar-refractivity contribution < 1.29 is 45.4 Å². The maximum absolute atomic E-state index is 13.2. The van der Waals surface area contributed by atoms with E-state index in [2.05, 4.69) is 30.7 Å². The van der Waals surface area contributed by atoms with E-state index >= 15 is 0 Å². The number of pyridine rings is 1. The Kier molecular flexibility index (Phi) is 6.11. The molecule has 1 aliphatic rings. The van der Waals surface area contributed by atoms with E-state index in [9.17, 15) is 35.9 Å². The number of ether oxygens (including phenoxy) is 2. The number of alkyl halides is 4. The van der Waals surface area contributed by atoms with Crippen molar-refractivity contribution in [2.45, 2.75) is 24.7 Å². The zero-order chi connectivity index (χ0) is 24.8. The molecule has 0 saturated carbocycles. The molecular weight excluding hydrogens is 556 g/mol. The van der Waals surface area contributed by atoms with Crippen LogP contribution in [-0.4, -0.2) is 40.9 Å². The SMILES string of the molecule is O=C1OCc2nn(C(F)F)cc2-c2cnc(OC(F)F)c(c2)NS(=O)(=O)c2cc1cc(Br)c2O. The van der Waals surface area contributed by atoms with Gasteiger partial charge in [-0.1, -0.05) is 0 Å². The number of carbonyl (C=O) groups is 1. The van der Waals surface area contributed by atoms with Gasteiger partial charge in [-0.2, -0.15) is 22.7 Å². The average Bonchev–Trinajstić information content (AvgIpc) is 3.18. The topological polar surface area (TPSA) is 133 Å². The highest BCUT2D eigenvalue weighted by Gasteiger charge is 2.28. The van der Waals surface area contributed by atoms with Gasteiger partial charge in [-0.15, -0.1) is 0 Å². The van der Waals surface area contributed by atoms with Gasteiger partial charge in [-0.3, -0.25) is 4.72 Å². The number of sulfonamides is 1. The number of cyclic esters (lactones) is 1. The molecule has 34 heavy (non-hydrogen) atoms. The summed E-state index contributed by atoms with van der Waals surface area (Å²) in [7, 11) is -4.72. The van der Waals surface area contributed by atoms with E-state index in [1.807, 2.05) is 4.72 Å². The Hall–Kier alpha value is -3.40. The smallest absolute Gasteiger partial charge is 0.388 e. The Morgan fingerprint density at radius 3 is 2.62 bits per heavy atom. The summed E-state index contributed by atoms with van der Waals surface area (Å²) < 4.78 is 89.6. The van der Waals surface area contributed by atoms with Crippen molar-refractivity contribution in [2.75, 3.05) is 4.72 Å². The van der Waals surface area contributed by atoms with E-state index in [1.54, 1.807) is 0 Å². The van der Waals surface area contributed by atoms with Gasteiger partial charge in [0, 0.05) is 23.5 Å². The molecule has 0 amide bonds. The quantitative estimate of drug-likeness (QED) is 0.360. The summed E-state index contributed by atoms with van der Waals surface area (Å²) >= 11 is 2.93. The number of nitrogens with zero attached hydrogens (tertiary/aromatic N) is 3. The van der Waals surface area contributed by atoms with Gasteiger partial charge >= 0.3 is 19.1 Å². The first kappa shape index (κ1) is 23.7. The lowest BCUT2D eigenvalue weighted by molar-refractivity contribution is -0.0523. The van der Waals surface area contributed by atoms with Crippen LogP contribution in [-0.2, 0) is 21.4 Å². The molecule has 0 saturated heterocycles. The third-order valence-corrected chi connectivity index (χ3v) is 6.49. The average molecular weight is 567 g/mol. The summed E-state index contributed by atoms with van der Waals surface area (Å²) in [5, 5.41) is 13.9. The number of hydrogen-bond acceptors (Lipinski definition) is 8. The molecule has 3 heterocycles. The Balaban J connectivity index is 1.97. The van der Waals surface area contributed by atoms with E-state index in [0.717, 1.165) is 30.6 Å². The summed E-state index contributed by atoms with van der Waals surface area (Å²) in [6.07, 6.45) is 1.85. The number of phenolic OH excluding ortho intramolecular Hbond substituents is 1. The predicted molar refractivity (Wildman–Crippen MR) is 109 cm³/mol. The zero-order valence-corrected chi connectivity index (χ0v) is 18.8. The maximum Gasteiger partial charge on any atom is 0.388 e. The maximum atomic E-state index is 13.2. The number of aromatic hydroxyl groups is 1. The number of fused-ring (bicyclic) bond motifs is 6. The molecule has 4 rings (SSSR count). The zero-order valence-electron chi connectivity index (χ0n) is 16.4. The lowest BCUT2D eigenvalue weighted by atomic mass is 10.1. The van der Waals surface area contributed by atoms with Crippen LogP contribution in [0.4, 0.5) is 23.2 Å². The number of carbonyl (C=O) groups excluding carboxylic acids is 1. The number of esters is 1. The van der Waals surface area contributed by atoms with Gasteiger partial charge in [0.05, 0.1) is 10.0 Å². The Morgan fingerprint density at radius 2 is 1.94 bits per heavy atom. The molecule has 0 spiro atoms. The van der Waals surface area contributed by atoms with Crippen molar-refractivity contribution in [3.05, 3.63) is 46.3 Å². The van der Waals surface area contributed by atoms with E-state index in [4.69, 9.17) is 4.74 Å². The first-order chi connectivity index (χ1) is 16.0. The molecule has 0 unspecified atom stereocenters. The van der Waals surface area contributed by atoms with Gasteiger partial charge < -0.3 is 14.6 Å². The third-order valence-electron chi connectivity index (χ3n) is 4.51. The van der Waals surface area contributed by atoms with Crippen LogP contribution in [0.3, 0.4) is 0 Å². The fourth-order valence-corrected chi connectivity index (χ4v) is 4.82. The molecule has 10 nitrogen and oxygen atoms in total. The van der Waals surface area contributed by atoms with Gasteiger partial charge in [0.25, 0.3) is 10.0 Å². The van der Waals surface area contributed by atoms with Crippen LogP contribution >= 0.6 is 15.9 Å². The molecule has 0 aliphatic carbocycles. The summed E-state index contributed by atoms with van der Waals surface area (Å²) in [6.45, 7) is -7.05. The van der Waals surface area contributed by atoms with Gasteiger partial charge in [-0.05, 0) is 34.1 Å². The summed E-state index contributed by atoms with van der Waals surface area (Å²) in [5.41, 5.74) is -1.15. The third kappa shape index (κ3) is 4.50. The van der Waals surface area contributed by atoms with Crippen molar-refractivity contribution in [1.29, 1.82) is 0 Å². The van der Waals surface area contributed by atoms with Crippen LogP contribution in [0.2, 0.25) is 0 Å². The molecule has 2 N–H and O–H groups in total. The van der Waals surface area contributed by atoms with Crippen LogP contribution in [0.15, 0.2) is 40.0 Å². The van der Waals surface area contributed by atoms with Gasteiger partial charge in [-0.25, -0.2) is 22.9 Å². The van der Waals surface area contributed by atoms with Gasteiger partial charge in [0.2, 0.25) is 5.88 Å². The number of rotatable bonds is 3. The molecule has 0 fully saturated rings. The minimum Gasteiger partial charge on any atom is -0.505 e. The lowest BCUT2D eigenvalue weighted by Gasteiger charge is -2.15. The molecule has 3 aromatic rings. The molecule has 4 bridgehead atoms. The Morgan fingerprint density at radius 1 is 1.21 bits per heavy atom. The lowest BCUT2D eigenvalue weighted by Crippen LogP contribution is -2.16. The summed E-state index contributed by atoms with van der Waals surface area (Å²) in [6, 6.07) is 2.85. The van der Waals surface area contributed by atoms with E-state index in [1.165, 1.54) is 0 Å². The molecule has 1 aliphatic heterocycles. The number of benzene rings is 1. The van der Waals surface area contributed by atoms with E-state index in [0.29, 0.717) is 0 Å². The molecule has 0 radical (unpaired) electrons. The minimum atomic E-state index is -4.72. The summed E-state index contributed by atoms with van der Waals surface area (Å²) in [4.78, 5) is 15.4. The number of aromatic nitrogens is 3. The van der Waals surface area contributed by atoms with Crippen LogP contribution < -0.4 is 9.46 Å². The second kappa shape index (κ2) is 8.75. The number of anilines is 1. The van der Waals surface area contributed by atoms with Crippen molar-refractivity contribution in [3.63, 3.8) is 0 Å². The minimum absolute atomic E-state index is 0.0337. The Labute approximate surface area is 196 Å². The monoisotopic (exact) mass is 566 g/mol. The summed E-state index contributed by atoms with van der Waals surface area (Å²) in [5.74, 6) is -2.67. The van der Waals surface area contributed by atoms with Crippen LogP contribution in [0.1, 0.15) is 22.6 Å². The molecule has 180 valence electrons. The first-order valence-corrected chi connectivity index (χ1v) is 11.3. The number of halogens is 5. The Bertz CT molecular complexity index is 1400. The molecular formula is C18H11BrF4N4O6S. The standard InChI is InChI=1S/C18H11BrF4N4O6S/c19-10-1-7-3-13(14(10)28)34(30,31)26-11-2-8(4-24-15(11)33-18(22)23)9-5-27(17(20)21)25-12(9)6-32-16(7)29/h1-5,17-18,26,28H,6H2. The normalized spacial score (nSPS) is 15.0. The number of hydrogen-bond donors (Lipinski definition) is 2. The van der Waals surface area contributed by atoms with Crippen LogP contribution in [0.5, 0.6) is 11.6 Å². The van der Waals surface area contributed by atoms with Crippen molar-refractivity contribution in [3.8, 4) is 22.8 Å². The fraction of sp³-hybridized carbons (Fsp3) is 0.167. The van der Waals surface area contributed by atoms with Crippen molar-refractivity contribution >= 4 is 37.6 Å². The fourth-order valence-electron chi connectivity index (χ4n) is 3.04. The molecule has 16 heteroatoms. The highest BCUT2D eigenvalue weighted by atomic mass is 79.9. The van der Waals surface area contributed by atoms with Gasteiger partial charge in [0.1, 0.15) is 28.6 Å². The molecule has 0 atom stereocenters. The largest absolute Gasteiger partial charge is 0.505 e. The van der Waals surface area contributed by atoms with E-state index in [-0.39, 0.29) is 31.5 Å². The molecule has 1 aromatic carbocycles. The van der Waals surface area contributed by atoms with Crippen LogP contribution in [0, 0.1) is 0 Å². The van der Waals surface area contributed by atoms with Crippen LogP contribution in [0.25, 0.3) is 11.1 Å². The van der Waals surface area contributed by atoms with Gasteiger partial charge in [0.15, 0.2) is 0 Å². The molecule has 2 aromatic heterocycles.